The molecule has 0 spiro atoms. The van der Waals surface area contributed by atoms with Gasteiger partial charge in [0.2, 0.25) is 0 Å². The van der Waals surface area contributed by atoms with Crippen LogP contribution in [-0.4, -0.2) is 29.1 Å². The molecular formula is C22H20N4O. The van der Waals surface area contributed by atoms with Crippen LogP contribution in [0.4, 0.5) is 5.82 Å². The highest BCUT2D eigenvalue weighted by molar-refractivity contribution is 5.96. The Balaban J connectivity index is 1.89. The number of nitrogens with zero attached hydrogens (tertiary/aromatic N) is 3. The Labute approximate surface area is 158 Å². The Morgan fingerprint density at radius 1 is 0.926 bits per heavy atom. The SMILES string of the molecule is CNc1nc(-c2cccnc2)nc2c(C)cc(-c3ccc(OC)cc3)cc12. The van der Waals surface area contributed by atoms with Gasteiger partial charge in [-0.15, -0.1) is 0 Å². The van der Waals surface area contributed by atoms with Gasteiger partial charge in [-0.2, -0.15) is 0 Å². The van der Waals surface area contributed by atoms with E-state index in [1.807, 2.05) is 31.3 Å². The molecule has 0 saturated heterocycles. The molecule has 5 heteroatoms. The summed E-state index contributed by atoms with van der Waals surface area (Å²) in [7, 11) is 3.55. The second-order valence-corrected chi connectivity index (χ2v) is 6.31. The lowest BCUT2D eigenvalue weighted by molar-refractivity contribution is 0.415. The van der Waals surface area contributed by atoms with Crippen molar-refractivity contribution in [2.24, 2.45) is 0 Å². The maximum atomic E-state index is 5.26. The third-order valence-corrected chi connectivity index (χ3v) is 4.57. The quantitative estimate of drug-likeness (QED) is 0.573. The van der Waals surface area contributed by atoms with Gasteiger partial charge < -0.3 is 10.1 Å². The fourth-order valence-electron chi connectivity index (χ4n) is 3.17. The summed E-state index contributed by atoms with van der Waals surface area (Å²) in [6.07, 6.45) is 3.53. The van der Waals surface area contributed by atoms with Crippen molar-refractivity contribution in [3.05, 3.63) is 66.5 Å². The first-order valence-electron chi connectivity index (χ1n) is 8.74. The minimum Gasteiger partial charge on any atom is -0.497 e. The lowest BCUT2D eigenvalue weighted by Gasteiger charge is -2.12. The van der Waals surface area contributed by atoms with Crippen molar-refractivity contribution in [1.82, 2.24) is 15.0 Å². The summed E-state index contributed by atoms with van der Waals surface area (Å²) in [6, 6.07) is 16.2. The largest absolute Gasteiger partial charge is 0.497 e. The van der Waals surface area contributed by atoms with Gasteiger partial charge in [0.25, 0.3) is 0 Å². The van der Waals surface area contributed by atoms with E-state index in [9.17, 15) is 0 Å². The van der Waals surface area contributed by atoms with Crippen LogP contribution in [0.1, 0.15) is 5.56 Å². The van der Waals surface area contributed by atoms with Crippen LogP contribution in [0, 0.1) is 6.92 Å². The summed E-state index contributed by atoms with van der Waals surface area (Å²) in [5.41, 5.74) is 5.18. The van der Waals surface area contributed by atoms with Crippen molar-refractivity contribution >= 4 is 16.7 Å². The molecule has 4 aromatic rings. The van der Waals surface area contributed by atoms with Crippen molar-refractivity contribution in [3.63, 3.8) is 0 Å². The summed E-state index contributed by atoms with van der Waals surface area (Å²) in [5.74, 6) is 2.31. The van der Waals surface area contributed by atoms with Crippen LogP contribution >= 0.6 is 0 Å². The van der Waals surface area contributed by atoms with Gasteiger partial charge in [0.15, 0.2) is 5.82 Å². The molecule has 0 amide bonds. The number of pyridine rings is 1. The molecule has 2 aromatic carbocycles. The Bertz CT molecular complexity index is 1090. The monoisotopic (exact) mass is 356 g/mol. The van der Waals surface area contributed by atoms with Crippen LogP contribution in [0.25, 0.3) is 33.4 Å². The molecule has 4 rings (SSSR count). The van der Waals surface area contributed by atoms with E-state index in [-0.39, 0.29) is 0 Å². The van der Waals surface area contributed by atoms with Crippen LogP contribution in [-0.2, 0) is 0 Å². The number of hydrogen-bond acceptors (Lipinski definition) is 5. The van der Waals surface area contributed by atoms with Crippen LogP contribution in [0.2, 0.25) is 0 Å². The minimum absolute atomic E-state index is 0.667. The third-order valence-electron chi connectivity index (χ3n) is 4.57. The molecule has 0 aliphatic rings. The van der Waals surface area contributed by atoms with Gasteiger partial charge in [-0.05, 0) is 60.0 Å². The molecule has 1 N–H and O–H groups in total. The molecule has 0 unspecified atom stereocenters. The van der Waals surface area contributed by atoms with E-state index < -0.39 is 0 Å². The molecule has 0 aliphatic heterocycles. The third kappa shape index (κ3) is 3.19. The van der Waals surface area contributed by atoms with E-state index in [0.717, 1.165) is 44.7 Å². The number of anilines is 1. The number of aromatic nitrogens is 3. The molecule has 0 radical (unpaired) electrons. The standard InChI is InChI=1S/C22H20N4O/c1-14-11-17(15-6-8-18(27-3)9-7-15)12-19-20(14)25-21(26-22(19)23-2)16-5-4-10-24-13-16/h4-13H,1-3H3,(H,23,25,26). The van der Waals surface area contributed by atoms with Gasteiger partial charge in [0.1, 0.15) is 11.6 Å². The first-order valence-corrected chi connectivity index (χ1v) is 8.74. The summed E-state index contributed by atoms with van der Waals surface area (Å²) >= 11 is 0. The highest BCUT2D eigenvalue weighted by Crippen LogP contribution is 2.32. The number of benzene rings is 2. The zero-order valence-corrected chi connectivity index (χ0v) is 15.5. The molecule has 134 valence electrons. The van der Waals surface area contributed by atoms with Gasteiger partial charge >= 0.3 is 0 Å². The second-order valence-electron chi connectivity index (χ2n) is 6.31. The molecule has 0 aliphatic carbocycles. The first-order chi connectivity index (χ1) is 13.2. The summed E-state index contributed by atoms with van der Waals surface area (Å²) in [5, 5.41) is 4.21. The summed E-state index contributed by atoms with van der Waals surface area (Å²) in [6.45, 7) is 2.08. The van der Waals surface area contributed by atoms with E-state index in [0.29, 0.717) is 5.82 Å². The van der Waals surface area contributed by atoms with Gasteiger partial charge in [-0.3, -0.25) is 4.98 Å². The van der Waals surface area contributed by atoms with E-state index >= 15 is 0 Å². The molecule has 0 bridgehead atoms. The Morgan fingerprint density at radius 3 is 2.41 bits per heavy atom. The molecule has 0 atom stereocenters. The lowest BCUT2D eigenvalue weighted by atomic mass is 10.00. The number of hydrogen-bond donors (Lipinski definition) is 1. The summed E-state index contributed by atoms with van der Waals surface area (Å²) in [4.78, 5) is 13.7. The Kier molecular flexibility index (Phi) is 4.42. The Morgan fingerprint density at radius 2 is 1.74 bits per heavy atom. The maximum absolute atomic E-state index is 5.26. The number of aryl methyl sites for hydroxylation is 1. The van der Waals surface area contributed by atoms with Gasteiger partial charge in [-0.1, -0.05) is 12.1 Å². The molecule has 2 heterocycles. The van der Waals surface area contributed by atoms with Crippen molar-refractivity contribution in [3.8, 4) is 28.3 Å². The zero-order chi connectivity index (χ0) is 18.8. The minimum atomic E-state index is 0.667. The van der Waals surface area contributed by atoms with Gasteiger partial charge in [0, 0.05) is 30.4 Å². The number of nitrogens with one attached hydrogen (secondary N) is 1. The predicted octanol–water partition coefficient (Wildman–Crippen LogP) is 4.72. The fraction of sp³-hybridized carbons (Fsp3) is 0.136. The predicted molar refractivity (Wildman–Crippen MR) is 109 cm³/mol. The van der Waals surface area contributed by atoms with Gasteiger partial charge in [-0.25, -0.2) is 9.97 Å². The maximum Gasteiger partial charge on any atom is 0.163 e. The van der Waals surface area contributed by atoms with E-state index in [1.54, 1.807) is 19.5 Å². The normalized spacial score (nSPS) is 10.8. The highest BCUT2D eigenvalue weighted by atomic mass is 16.5. The summed E-state index contributed by atoms with van der Waals surface area (Å²) < 4.78 is 5.26. The molecule has 0 fully saturated rings. The first kappa shape index (κ1) is 17.0. The van der Waals surface area contributed by atoms with Crippen LogP contribution in [0.5, 0.6) is 5.75 Å². The smallest absolute Gasteiger partial charge is 0.163 e. The van der Waals surface area contributed by atoms with E-state index in [1.165, 1.54) is 0 Å². The zero-order valence-electron chi connectivity index (χ0n) is 15.5. The topological polar surface area (TPSA) is 59.9 Å². The average molecular weight is 356 g/mol. The van der Waals surface area contributed by atoms with Crippen molar-refractivity contribution in [2.75, 3.05) is 19.5 Å². The average Bonchev–Trinajstić information content (AvgIpc) is 2.73. The molecule has 0 saturated carbocycles. The van der Waals surface area contributed by atoms with Crippen LogP contribution < -0.4 is 10.1 Å². The Hall–Kier alpha value is -3.47. The van der Waals surface area contributed by atoms with Gasteiger partial charge in [0.05, 0.1) is 12.6 Å². The van der Waals surface area contributed by atoms with Crippen molar-refractivity contribution in [1.29, 1.82) is 0 Å². The van der Waals surface area contributed by atoms with Crippen LogP contribution in [0.15, 0.2) is 60.9 Å². The van der Waals surface area contributed by atoms with Crippen molar-refractivity contribution < 1.29 is 4.74 Å². The molecule has 2 aromatic heterocycles. The molecular weight excluding hydrogens is 336 g/mol. The van der Waals surface area contributed by atoms with E-state index in [4.69, 9.17) is 14.7 Å². The number of ether oxygens (including phenoxy) is 1. The van der Waals surface area contributed by atoms with Crippen LogP contribution in [0.3, 0.4) is 0 Å². The fourth-order valence-corrected chi connectivity index (χ4v) is 3.17. The molecule has 27 heavy (non-hydrogen) atoms. The number of methoxy groups -OCH3 is 1. The highest BCUT2D eigenvalue weighted by Gasteiger charge is 2.12. The van der Waals surface area contributed by atoms with Crippen molar-refractivity contribution in [2.45, 2.75) is 6.92 Å². The number of fused-ring (bicyclic) bond motifs is 1. The molecule has 5 nitrogen and oxygen atoms in total. The number of rotatable bonds is 4. The van der Waals surface area contributed by atoms with E-state index in [2.05, 4.69) is 41.5 Å². The lowest BCUT2D eigenvalue weighted by Crippen LogP contribution is -2.00. The second kappa shape index (κ2) is 7.03.